The van der Waals surface area contributed by atoms with Gasteiger partial charge in [-0.15, -0.1) is 0 Å². The lowest BCUT2D eigenvalue weighted by Gasteiger charge is -2.50. The van der Waals surface area contributed by atoms with Crippen molar-refractivity contribution < 1.29 is 14.7 Å². The van der Waals surface area contributed by atoms with Crippen LogP contribution in [-0.4, -0.2) is 64.7 Å². The largest absolute Gasteiger partial charge is 0.480 e. The standard InChI is InChI=1S/C21H29N3O3/c1-22-16-9-5-10-17(22)14-18(13-16)24(15-7-3-2-4-8-15)21(27)23-12-6-11-19(23)20(25)26/h2-4,7-8,16-19H,5-6,9-14H2,1H3,(H,25,26)/t16-,17+,18?,19?. The van der Waals surface area contributed by atoms with Crippen molar-refractivity contribution in [1.29, 1.82) is 0 Å². The molecule has 1 N–H and O–H groups in total. The highest BCUT2D eigenvalue weighted by molar-refractivity contribution is 5.95. The summed E-state index contributed by atoms with van der Waals surface area (Å²) in [5.74, 6) is -0.894. The number of urea groups is 1. The molecule has 6 nitrogen and oxygen atoms in total. The lowest BCUT2D eigenvalue weighted by Crippen LogP contribution is -2.59. The quantitative estimate of drug-likeness (QED) is 0.886. The zero-order valence-corrected chi connectivity index (χ0v) is 16.0. The monoisotopic (exact) mass is 371 g/mol. The average Bonchev–Trinajstić information content (AvgIpc) is 3.13. The van der Waals surface area contributed by atoms with Crippen LogP contribution in [0, 0.1) is 0 Å². The first-order valence-corrected chi connectivity index (χ1v) is 10.2. The molecule has 3 aliphatic rings. The molecule has 1 aromatic carbocycles. The number of aliphatic carboxylic acids is 1. The zero-order valence-electron chi connectivity index (χ0n) is 16.0. The van der Waals surface area contributed by atoms with Gasteiger partial charge in [0.2, 0.25) is 0 Å². The fourth-order valence-corrected chi connectivity index (χ4v) is 5.25. The molecule has 2 amide bonds. The van der Waals surface area contributed by atoms with E-state index in [0.29, 0.717) is 25.0 Å². The number of carbonyl (C=O) groups excluding carboxylic acids is 1. The molecule has 6 heteroatoms. The van der Waals surface area contributed by atoms with Crippen molar-refractivity contribution in [2.45, 2.75) is 69.1 Å². The van der Waals surface area contributed by atoms with Crippen LogP contribution in [0.1, 0.15) is 44.9 Å². The van der Waals surface area contributed by atoms with Gasteiger partial charge in [0.15, 0.2) is 0 Å². The molecule has 0 saturated carbocycles. The van der Waals surface area contributed by atoms with Crippen LogP contribution in [0.2, 0.25) is 0 Å². The number of carbonyl (C=O) groups is 2. The number of likely N-dealkylation sites (tertiary alicyclic amines) is 1. The number of rotatable bonds is 3. The average molecular weight is 371 g/mol. The maximum Gasteiger partial charge on any atom is 0.326 e. The van der Waals surface area contributed by atoms with Gasteiger partial charge in [0.25, 0.3) is 0 Å². The van der Waals surface area contributed by atoms with Gasteiger partial charge in [-0.2, -0.15) is 0 Å². The van der Waals surface area contributed by atoms with Gasteiger partial charge in [0.1, 0.15) is 6.04 Å². The minimum absolute atomic E-state index is 0.126. The van der Waals surface area contributed by atoms with Crippen molar-refractivity contribution in [3.63, 3.8) is 0 Å². The molecule has 3 fully saturated rings. The Bertz CT molecular complexity index is 681. The van der Waals surface area contributed by atoms with Gasteiger partial charge < -0.3 is 14.9 Å². The third-order valence-corrected chi connectivity index (χ3v) is 6.70. The molecule has 0 aromatic heterocycles. The summed E-state index contributed by atoms with van der Waals surface area (Å²) < 4.78 is 0. The number of piperidine rings is 2. The molecule has 146 valence electrons. The SMILES string of the molecule is CN1[C@@H]2CCC[C@H]1CC(N(C(=O)N1CCCC1C(=O)O)c1ccccc1)C2. The molecule has 3 heterocycles. The number of anilines is 1. The van der Waals surface area contributed by atoms with E-state index in [4.69, 9.17) is 0 Å². The van der Waals surface area contributed by atoms with E-state index in [2.05, 4.69) is 11.9 Å². The van der Waals surface area contributed by atoms with E-state index in [0.717, 1.165) is 24.9 Å². The maximum absolute atomic E-state index is 13.5. The highest BCUT2D eigenvalue weighted by Crippen LogP contribution is 2.37. The molecule has 3 saturated heterocycles. The number of benzene rings is 1. The summed E-state index contributed by atoms with van der Waals surface area (Å²) in [7, 11) is 2.21. The Morgan fingerprint density at radius 1 is 1.04 bits per heavy atom. The Balaban J connectivity index is 1.64. The number of hydrogen-bond donors (Lipinski definition) is 1. The molecule has 0 radical (unpaired) electrons. The number of fused-ring (bicyclic) bond motifs is 2. The number of amides is 2. The van der Waals surface area contributed by atoms with Crippen molar-refractivity contribution >= 4 is 17.7 Å². The van der Waals surface area contributed by atoms with Gasteiger partial charge in [-0.1, -0.05) is 24.6 Å². The number of carboxylic acids is 1. The minimum atomic E-state index is -0.894. The molecule has 0 aliphatic carbocycles. The number of carboxylic acid groups (broad SMARTS) is 1. The molecule has 4 rings (SSSR count). The van der Waals surface area contributed by atoms with Gasteiger partial charge in [0.05, 0.1) is 0 Å². The second-order valence-corrected chi connectivity index (χ2v) is 8.21. The highest BCUT2D eigenvalue weighted by Gasteiger charge is 2.43. The summed E-state index contributed by atoms with van der Waals surface area (Å²) in [5.41, 5.74) is 0.881. The van der Waals surface area contributed by atoms with E-state index >= 15 is 0 Å². The van der Waals surface area contributed by atoms with Gasteiger partial charge in [-0.3, -0.25) is 4.90 Å². The van der Waals surface area contributed by atoms with Gasteiger partial charge in [0, 0.05) is 30.4 Å². The summed E-state index contributed by atoms with van der Waals surface area (Å²) in [6.45, 7) is 0.526. The van der Waals surface area contributed by atoms with Crippen LogP contribution in [0.4, 0.5) is 10.5 Å². The van der Waals surface area contributed by atoms with E-state index in [9.17, 15) is 14.7 Å². The van der Waals surface area contributed by atoms with Crippen molar-refractivity contribution in [3.05, 3.63) is 30.3 Å². The lowest BCUT2D eigenvalue weighted by molar-refractivity contribution is -0.141. The Morgan fingerprint density at radius 2 is 1.70 bits per heavy atom. The summed E-state index contributed by atoms with van der Waals surface area (Å²) in [4.78, 5) is 31.1. The van der Waals surface area contributed by atoms with Crippen LogP contribution in [0.25, 0.3) is 0 Å². The first-order valence-electron chi connectivity index (χ1n) is 10.2. The lowest BCUT2D eigenvalue weighted by atomic mass is 9.81. The first kappa shape index (κ1) is 18.3. The summed E-state index contributed by atoms with van der Waals surface area (Å²) in [5, 5.41) is 9.54. The predicted octanol–water partition coefficient (Wildman–Crippen LogP) is 3.18. The second kappa shape index (κ2) is 7.50. The van der Waals surface area contributed by atoms with Crippen molar-refractivity contribution in [1.82, 2.24) is 9.80 Å². The maximum atomic E-state index is 13.5. The minimum Gasteiger partial charge on any atom is -0.480 e. The molecule has 4 atom stereocenters. The molecular weight excluding hydrogens is 342 g/mol. The smallest absolute Gasteiger partial charge is 0.326 e. The molecule has 0 spiro atoms. The molecule has 3 aliphatic heterocycles. The molecule has 1 aromatic rings. The van der Waals surface area contributed by atoms with Crippen molar-refractivity contribution in [3.8, 4) is 0 Å². The Hall–Kier alpha value is -2.08. The molecule has 2 bridgehead atoms. The van der Waals surface area contributed by atoms with E-state index < -0.39 is 12.0 Å². The van der Waals surface area contributed by atoms with E-state index in [1.54, 1.807) is 4.90 Å². The van der Waals surface area contributed by atoms with Gasteiger partial charge >= 0.3 is 12.0 Å². The molecular formula is C21H29N3O3. The van der Waals surface area contributed by atoms with Gasteiger partial charge in [-0.05, 0) is 57.7 Å². The third-order valence-electron chi connectivity index (χ3n) is 6.70. The topological polar surface area (TPSA) is 64.1 Å². The predicted molar refractivity (Wildman–Crippen MR) is 104 cm³/mol. The fraction of sp³-hybridized carbons (Fsp3) is 0.619. The van der Waals surface area contributed by atoms with E-state index in [1.165, 1.54) is 19.3 Å². The van der Waals surface area contributed by atoms with E-state index in [-0.39, 0.29) is 12.1 Å². The Labute approximate surface area is 160 Å². The number of nitrogens with zero attached hydrogens (tertiary/aromatic N) is 3. The van der Waals surface area contributed by atoms with Crippen LogP contribution in [0.15, 0.2) is 30.3 Å². The van der Waals surface area contributed by atoms with Crippen LogP contribution >= 0.6 is 0 Å². The van der Waals surface area contributed by atoms with E-state index in [1.807, 2.05) is 35.2 Å². The summed E-state index contributed by atoms with van der Waals surface area (Å²) in [6, 6.07) is 10.1. The van der Waals surface area contributed by atoms with Crippen LogP contribution in [0.5, 0.6) is 0 Å². The van der Waals surface area contributed by atoms with Crippen LogP contribution in [0.3, 0.4) is 0 Å². The Kier molecular flexibility index (Phi) is 5.08. The Morgan fingerprint density at radius 3 is 2.33 bits per heavy atom. The molecule has 2 unspecified atom stereocenters. The first-order chi connectivity index (χ1) is 13.1. The number of para-hydroxylation sites is 1. The fourth-order valence-electron chi connectivity index (χ4n) is 5.25. The normalized spacial score (nSPS) is 30.9. The summed E-state index contributed by atoms with van der Waals surface area (Å²) >= 11 is 0. The third kappa shape index (κ3) is 3.43. The number of hydrogen-bond acceptors (Lipinski definition) is 3. The zero-order chi connectivity index (χ0) is 19.0. The second-order valence-electron chi connectivity index (χ2n) is 8.21. The summed E-state index contributed by atoms with van der Waals surface area (Å²) in [6.07, 6.45) is 6.84. The van der Waals surface area contributed by atoms with Gasteiger partial charge in [-0.25, -0.2) is 9.59 Å². The van der Waals surface area contributed by atoms with Crippen LogP contribution < -0.4 is 4.90 Å². The highest BCUT2D eigenvalue weighted by atomic mass is 16.4. The van der Waals surface area contributed by atoms with Crippen molar-refractivity contribution in [2.24, 2.45) is 0 Å². The molecule has 27 heavy (non-hydrogen) atoms. The van der Waals surface area contributed by atoms with Crippen LogP contribution in [-0.2, 0) is 4.79 Å². The van der Waals surface area contributed by atoms with Crippen molar-refractivity contribution in [2.75, 3.05) is 18.5 Å².